The number of hydrogen-bond acceptors (Lipinski definition) is 8. The second-order valence-corrected chi connectivity index (χ2v) is 7.00. The van der Waals surface area contributed by atoms with E-state index in [1.54, 1.807) is 4.57 Å². The van der Waals surface area contributed by atoms with Gasteiger partial charge in [0.15, 0.2) is 17.0 Å². The molecule has 0 bridgehead atoms. The van der Waals surface area contributed by atoms with Crippen molar-refractivity contribution in [2.45, 2.75) is 31.0 Å². The third-order valence-corrected chi connectivity index (χ3v) is 4.81. The van der Waals surface area contributed by atoms with Gasteiger partial charge >= 0.3 is 7.60 Å². The largest absolute Gasteiger partial charge is 0.379 e. The number of nitrogens with one attached hydrogen (secondary N) is 1. The van der Waals surface area contributed by atoms with E-state index in [-0.39, 0.29) is 36.2 Å². The van der Waals surface area contributed by atoms with Crippen molar-refractivity contribution in [2.75, 3.05) is 12.8 Å². The standard InChI is InChI=1S/C11H16N5O6P.H3N/c1-21-5-2-7(23(18,19)20)22-6(5)3-16-4-13-8-9(16)14-11(12)15-10(8)17;/h4-7H,2-3H2,1H3,(H2,18,19,20)(H3,12,14,15,17);1H3/t5-,6+,7-;/m0./s1. The number of nitrogen functional groups attached to an aromatic ring is 1. The Morgan fingerprint density at radius 1 is 1.58 bits per heavy atom. The highest BCUT2D eigenvalue weighted by Crippen LogP contribution is 2.48. The molecule has 0 unspecified atom stereocenters. The summed E-state index contributed by atoms with van der Waals surface area (Å²) in [6.45, 7) is 0.168. The Kier molecular flexibility index (Phi) is 5.08. The number of H-pyrrole nitrogens is 1. The number of ether oxygens (including phenoxy) is 2. The van der Waals surface area contributed by atoms with Crippen LogP contribution in [0, 0.1) is 0 Å². The lowest BCUT2D eigenvalue weighted by Crippen LogP contribution is -2.28. The minimum Gasteiger partial charge on any atom is -0.379 e. The third kappa shape index (κ3) is 3.34. The molecule has 0 spiro atoms. The van der Waals surface area contributed by atoms with Crippen LogP contribution in [0.2, 0.25) is 0 Å². The molecule has 3 heterocycles. The number of hydrogen-bond donors (Lipinski definition) is 5. The van der Waals surface area contributed by atoms with Gasteiger partial charge in [-0.1, -0.05) is 0 Å². The Bertz CT molecular complexity index is 830. The van der Waals surface area contributed by atoms with Crippen molar-refractivity contribution < 1.29 is 23.8 Å². The van der Waals surface area contributed by atoms with Gasteiger partial charge in [0.1, 0.15) is 6.10 Å². The molecule has 0 saturated carbocycles. The van der Waals surface area contributed by atoms with Gasteiger partial charge < -0.3 is 35.7 Å². The van der Waals surface area contributed by atoms with Crippen LogP contribution in [0.5, 0.6) is 0 Å². The lowest BCUT2D eigenvalue weighted by atomic mass is 10.2. The molecule has 2 aromatic heterocycles. The summed E-state index contributed by atoms with van der Waals surface area (Å²) in [5.41, 5.74) is 5.45. The topological polar surface area (TPSA) is 201 Å². The van der Waals surface area contributed by atoms with Crippen LogP contribution in [0.4, 0.5) is 5.95 Å². The summed E-state index contributed by atoms with van der Waals surface area (Å²) in [5.74, 6) is -1.26. The Balaban J connectivity index is 0.00000208. The Morgan fingerprint density at radius 2 is 2.29 bits per heavy atom. The highest BCUT2D eigenvalue weighted by Gasteiger charge is 2.44. The first-order chi connectivity index (χ1) is 10.8. The minimum absolute atomic E-state index is 0. The number of aromatic amines is 1. The summed E-state index contributed by atoms with van der Waals surface area (Å²) in [6, 6.07) is 0. The van der Waals surface area contributed by atoms with Gasteiger partial charge in [-0.05, 0) is 0 Å². The lowest BCUT2D eigenvalue weighted by molar-refractivity contribution is -0.00254. The number of nitrogens with zero attached hydrogens (tertiary/aromatic N) is 3. The van der Waals surface area contributed by atoms with E-state index in [0.29, 0.717) is 0 Å². The van der Waals surface area contributed by atoms with Crippen LogP contribution in [0.3, 0.4) is 0 Å². The molecule has 24 heavy (non-hydrogen) atoms. The first kappa shape index (κ1) is 18.5. The highest BCUT2D eigenvalue weighted by molar-refractivity contribution is 7.52. The SMILES string of the molecule is CO[C@H]1C[C@H](P(=O)(O)O)O[C@@H]1Cn1cnc2c(=O)[nH]c(N)nc21.N. The van der Waals surface area contributed by atoms with Gasteiger partial charge in [0, 0.05) is 13.5 Å². The molecule has 8 N–H and O–H groups in total. The van der Waals surface area contributed by atoms with Gasteiger partial charge in [0.05, 0.1) is 19.0 Å². The molecule has 1 saturated heterocycles. The van der Waals surface area contributed by atoms with E-state index >= 15 is 0 Å². The minimum atomic E-state index is -4.37. The van der Waals surface area contributed by atoms with E-state index in [9.17, 15) is 19.1 Å². The molecule has 1 fully saturated rings. The van der Waals surface area contributed by atoms with E-state index in [0.717, 1.165) is 0 Å². The molecule has 3 atom stereocenters. The number of fused-ring (bicyclic) bond motifs is 1. The second kappa shape index (κ2) is 6.59. The Hall–Kier alpha value is -1.82. The van der Waals surface area contributed by atoms with Crippen LogP contribution < -0.4 is 17.4 Å². The fraction of sp³-hybridized carbons (Fsp3) is 0.545. The summed E-state index contributed by atoms with van der Waals surface area (Å²) in [4.78, 5) is 40.6. The van der Waals surface area contributed by atoms with Crippen molar-refractivity contribution in [3.63, 3.8) is 0 Å². The van der Waals surface area contributed by atoms with Crippen LogP contribution in [-0.2, 0) is 20.6 Å². The van der Waals surface area contributed by atoms with Crippen molar-refractivity contribution in [1.29, 1.82) is 0 Å². The number of anilines is 1. The molecule has 1 aliphatic heterocycles. The summed E-state index contributed by atoms with van der Waals surface area (Å²) in [5, 5.41) is 0. The molecule has 12 nitrogen and oxygen atoms in total. The molecular weight excluding hydrogens is 343 g/mol. The maximum absolute atomic E-state index is 11.7. The zero-order valence-electron chi connectivity index (χ0n) is 12.8. The van der Waals surface area contributed by atoms with E-state index in [1.165, 1.54) is 13.4 Å². The molecule has 1 aliphatic rings. The number of rotatable bonds is 4. The molecule has 3 rings (SSSR count). The third-order valence-electron chi connectivity index (χ3n) is 3.73. The average Bonchev–Trinajstić information content (AvgIpc) is 3.03. The van der Waals surface area contributed by atoms with Crippen molar-refractivity contribution in [3.8, 4) is 0 Å². The van der Waals surface area contributed by atoms with Crippen molar-refractivity contribution in [3.05, 3.63) is 16.7 Å². The van der Waals surface area contributed by atoms with Crippen LogP contribution >= 0.6 is 7.60 Å². The zero-order chi connectivity index (χ0) is 16.8. The number of methoxy groups -OCH3 is 1. The Labute approximate surface area is 135 Å². The highest BCUT2D eigenvalue weighted by atomic mass is 31.2. The average molecular weight is 362 g/mol. The predicted octanol–water partition coefficient (Wildman–Crippen LogP) is -0.828. The summed E-state index contributed by atoms with van der Waals surface area (Å²) >= 11 is 0. The first-order valence-corrected chi connectivity index (χ1v) is 8.42. The molecule has 0 aliphatic carbocycles. The molecule has 0 amide bonds. The smallest absolute Gasteiger partial charge is 0.354 e. The quantitative estimate of drug-likeness (QED) is 0.427. The fourth-order valence-corrected chi connectivity index (χ4v) is 3.42. The van der Waals surface area contributed by atoms with Gasteiger partial charge in [0.2, 0.25) is 5.95 Å². The van der Waals surface area contributed by atoms with Crippen molar-refractivity contribution in [2.24, 2.45) is 0 Å². The predicted molar refractivity (Wildman–Crippen MR) is 83.7 cm³/mol. The van der Waals surface area contributed by atoms with Crippen LogP contribution in [0.25, 0.3) is 11.2 Å². The van der Waals surface area contributed by atoms with E-state index in [1.807, 2.05) is 0 Å². The van der Waals surface area contributed by atoms with Crippen LogP contribution in [-0.4, -0.2) is 54.5 Å². The lowest BCUT2D eigenvalue weighted by Gasteiger charge is -2.18. The van der Waals surface area contributed by atoms with Gasteiger partial charge in [-0.3, -0.25) is 14.3 Å². The summed E-state index contributed by atoms with van der Waals surface area (Å²) in [7, 11) is -2.93. The molecule has 0 radical (unpaired) electrons. The summed E-state index contributed by atoms with van der Waals surface area (Å²) < 4.78 is 23.6. The second-order valence-electron chi connectivity index (χ2n) is 5.25. The van der Waals surface area contributed by atoms with Gasteiger partial charge in [-0.25, -0.2) is 4.98 Å². The van der Waals surface area contributed by atoms with Crippen molar-refractivity contribution in [1.82, 2.24) is 25.7 Å². The fourth-order valence-electron chi connectivity index (χ4n) is 2.62. The van der Waals surface area contributed by atoms with E-state index in [2.05, 4.69) is 15.0 Å². The zero-order valence-corrected chi connectivity index (χ0v) is 13.7. The summed E-state index contributed by atoms with van der Waals surface area (Å²) in [6.07, 6.45) is 0.364. The molecule has 2 aromatic rings. The molecule has 13 heteroatoms. The molecular formula is C11H19N6O6P. The number of nitrogens with two attached hydrogens (primary N) is 1. The Morgan fingerprint density at radius 3 is 2.92 bits per heavy atom. The van der Waals surface area contributed by atoms with E-state index < -0.39 is 31.2 Å². The maximum Gasteiger partial charge on any atom is 0.354 e. The molecule has 134 valence electrons. The number of imidazole rings is 1. The maximum atomic E-state index is 11.7. The van der Waals surface area contributed by atoms with Gasteiger partial charge in [-0.15, -0.1) is 0 Å². The van der Waals surface area contributed by atoms with Crippen molar-refractivity contribution >= 4 is 24.7 Å². The monoisotopic (exact) mass is 362 g/mol. The van der Waals surface area contributed by atoms with Crippen LogP contribution in [0.15, 0.2) is 11.1 Å². The number of aromatic nitrogens is 4. The van der Waals surface area contributed by atoms with Gasteiger partial charge in [0.25, 0.3) is 5.56 Å². The molecule has 0 aromatic carbocycles. The first-order valence-electron chi connectivity index (χ1n) is 6.73. The van der Waals surface area contributed by atoms with E-state index in [4.69, 9.17) is 15.2 Å². The normalized spacial score (nSPS) is 24.2. The van der Waals surface area contributed by atoms with Gasteiger partial charge in [-0.2, -0.15) is 4.98 Å². The van der Waals surface area contributed by atoms with Crippen LogP contribution in [0.1, 0.15) is 6.42 Å².